The van der Waals surface area contributed by atoms with E-state index < -0.39 is 58.6 Å². The lowest BCUT2D eigenvalue weighted by molar-refractivity contribution is -0.432. The van der Waals surface area contributed by atoms with E-state index in [1.807, 2.05) is 24.3 Å². The van der Waals surface area contributed by atoms with E-state index in [1.165, 1.54) is 30.3 Å². The summed E-state index contributed by atoms with van der Waals surface area (Å²) in [5, 5.41) is 24.5. The van der Waals surface area contributed by atoms with Crippen LogP contribution in [0.3, 0.4) is 0 Å². The Kier molecular flexibility index (Phi) is 15.0. The van der Waals surface area contributed by atoms with Crippen LogP contribution in [0.4, 0.5) is 8.78 Å². The summed E-state index contributed by atoms with van der Waals surface area (Å²) in [4.78, 5) is 24.8. The highest BCUT2D eigenvalue weighted by atomic mass is 32.2. The van der Waals surface area contributed by atoms with Crippen LogP contribution in [-0.4, -0.2) is 48.0 Å². The first-order valence-corrected chi connectivity index (χ1v) is 23.6. The van der Waals surface area contributed by atoms with Crippen LogP contribution >= 0.6 is 24.1 Å². The first-order chi connectivity index (χ1) is 31.5. The van der Waals surface area contributed by atoms with Crippen LogP contribution in [0.2, 0.25) is 0 Å². The summed E-state index contributed by atoms with van der Waals surface area (Å²) >= 11 is 0.791. The highest BCUT2D eigenvalue weighted by Gasteiger charge is 2.36. The first kappa shape index (κ1) is 48.3. The SMILES string of the molecule is O=C(c1ccc(Oc2ccc(C3(c4ccc(Oc5ccc(C(=O)c6ccc(F)c(SOOO)c6)cc5S(=O)(=O)O)cc4)CCCCC3)cc2)c(SOOO)c1)c1ccc(F)c(S(=O)(=O)O)c1. The van der Waals surface area contributed by atoms with E-state index in [4.69, 9.17) is 20.0 Å². The van der Waals surface area contributed by atoms with Crippen molar-refractivity contribution in [2.45, 2.75) is 57.1 Å². The van der Waals surface area contributed by atoms with Crippen molar-refractivity contribution in [3.63, 3.8) is 0 Å². The minimum absolute atomic E-state index is 0.00470. The second-order valence-electron chi connectivity index (χ2n) is 14.6. The van der Waals surface area contributed by atoms with Gasteiger partial charge in [-0.2, -0.15) is 16.8 Å². The maximum absolute atomic E-state index is 14.2. The largest absolute Gasteiger partial charge is 0.456 e. The number of halogens is 2. The molecule has 16 nitrogen and oxygen atoms in total. The first-order valence-electron chi connectivity index (χ1n) is 19.3. The molecule has 0 spiro atoms. The maximum Gasteiger partial charge on any atom is 0.298 e. The number of rotatable bonds is 18. The van der Waals surface area contributed by atoms with E-state index in [9.17, 15) is 44.3 Å². The summed E-state index contributed by atoms with van der Waals surface area (Å²) in [5.41, 5.74) is 0.990. The predicted octanol–water partition coefficient (Wildman–Crippen LogP) is 10.6. The van der Waals surface area contributed by atoms with Crippen molar-refractivity contribution in [3.8, 4) is 23.0 Å². The minimum Gasteiger partial charge on any atom is -0.456 e. The predicted molar refractivity (Wildman–Crippen MR) is 230 cm³/mol. The van der Waals surface area contributed by atoms with Crippen LogP contribution in [0.5, 0.6) is 23.0 Å². The second-order valence-corrected chi connectivity index (χ2v) is 18.8. The molecule has 0 amide bonds. The summed E-state index contributed by atoms with van der Waals surface area (Å²) in [6.45, 7) is 0. The van der Waals surface area contributed by atoms with Gasteiger partial charge in [0.2, 0.25) is 0 Å². The number of carbonyl (C=O) groups is 2. The molecule has 0 heterocycles. The Balaban J connectivity index is 1.10. The van der Waals surface area contributed by atoms with Crippen LogP contribution in [0.1, 0.15) is 75.1 Å². The number of benzene rings is 6. The third-order valence-corrected chi connectivity index (χ3v) is 13.6. The molecule has 1 fully saturated rings. The van der Waals surface area contributed by atoms with Crippen LogP contribution in [0.25, 0.3) is 0 Å². The lowest BCUT2D eigenvalue weighted by atomic mass is 9.65. The van der Waals surface area contributed by atoms with Gasteiger partial charge in [0.25, 0.3) is 20.2 Å². The summed E-state index contributed by atoms with van der Waals surface area (Å²) in [6, 6.07) is 27.6. The molecule has 0 aromatic heterocycles. The Morgan fingerprint density at radius 1 is 0.515 bits per heavy atom. The van der Waals surface area contributed by atoms with E-state index in [-0.39, 0.29) is 49.3 Å². The summed E-state index contributed by atoms with van der Waals surface area (Å²) < 4.78 is 117. The molecule has 0 unspecified atom stereocenters. The zero-order valence-corrected chi connectivity index (χ0v) is 36.9. The van der Waals surface area contributed by atoms with Gasteiger partial charge in [0.1, 0.15) is 44.4 Å². The molecule has 0 atom stereocenters. The van der Waals surface area contributed by atoms with E-state index >= 15 is 0 Å². The van der Waals surface area contributed by atoms with Gasteiger partial charge in [-0.25, -0.2) is 19.3 Å². The number of hydrogen-bond acceptors (Lipinski definition) is 16. The normalized spacial score (nSPS) is 13.8. The maximum atomic E-state index is 14.2. The Morgan fingerprint density at radius 3 is 1.45 bits per heavy atom. The average molecular weight is 985 g/mol. The third kappa shape index (κ3) is 11.0. The Morgan fingerprint density at radius 2 is 0.939 bits per heavy atom. The van der Waals surface area contributed by atoms with Crippen LogP contribution in [-0.2, 0) is 44.4 Å². The molecule has 0 aliphatic heterocycles. The minimum atomic E-state index is -4.96. The zero-order chi connectivity index (χ0) is 47.2. The van der Waals surface area contributed by atoms with Gasteiger partial charge in [0.05, 0.1) is 33.9 Å². The topological polar surface area (TPSA) is 239 Å². The van der Waals surface area contributed by atoms with Gasteiger partial charge in [-0.15, -0.1) is 8.67 Å². The molecule has 1 aliphatic rings. The van der Waals surface area contributed by atoms with Crippen LogP contribution in [0, 0.1) is 11.6 Å². The highest BCUT2D eigenvalue weighted by Crippen LogP contribution is 2.46. The molecule has 4 N–H and O–H groups in total. The van der Waals surface area contributed by atoms with Crippen molar-refractivity contribution in [1.82, 2.24) is 0 Å². The van der Waals surface area contributed by atoms with Crippen molar-refractivity contribution in [2.75, 3.05) is 0 Å². The van der Waals surface area contributed by atoms with E-state index in [0.717, 1.165) is 79.6 Å². The number of ketones is 2. The molecular weight excluding hydrogens is 951 g/mol. The Labute approximate surface area is 383 Å². The van der Waals surface area contributed by atoms with Gasteiger partial charge in [0, 0.05) is 27.7 Å². The van der Waals surface area contributed by atoms with Crippen molar-refractivity contribution in [2.24, 2.45) is 0 Å². The summed E-state index contributed by atoms with van der Waals surface area (Å²) in [6.07, 6.45) is 4.46. The van der Waals surface area contributed by atoms with Crippen molar-refractivity contribution < 1.29 is 83.0 Å². The third-order valence-electron chi connectivity index (χ3n) is 10.6. The van der Waals surface area contributed by atoms with Crippen molar-refractivity contribution in [1.29, 1.82) is 0 Å². The second kappa shape index (κ2) is 20.5. The zero-order valence-electron chi connectivity index (χ0n) is 33.7. The summed E-state index contributed by atoms with van der Waals surface area (Å²) in [7, 11) is -9.89. The van der Waals surface area contributed by atoms with Gasteiger partial charge in [-0.05, 0) is 121 Å². The number of hydrogen-bond donors (Lipinski definition) is 4. The molecule has 66 heavy (non-hydrogen) atoms. The van der Waals surface area contributed by atoms with E-state index in [2.05, 4.69) is 18.7 Å². The molecule has 1 aliphatic carbocycles. The smallest absolute Gasteiger partial charge is 0.298 e. The molecule has 6 aromatic carbocycles. The molecule has 0 radical (unpaired) electrons. The molecule has 6 aromatic rings. The van der Waals surface area contributed by atoms with Gasteiger partial charge in [-0.1, -0.05) is 53.6 Å². The van der Waals surface area contributed by atoms with Gasteiger partial charge < -0.3 is 9.47 Å². The van der Waals surface area contributed by atoms with Crippen molar-refractivity contribution in [3.05, 3.63) is 166 Å². The molecule has 344 valence electrons. The molecule has 7 rings (SSSR count). The van der Waals surface area contributed by atoms with Crippen molar-refractivity contribution >= 4 is 55.9 Å². The van der Waals surface area contributed by atoms with E-state index in [0.29, 0.717) is 35.9 Å². The summed E-state index contributed by atoms with van der Waals surface area (Å²) in [5.74, 6) is -2.98. The fourth-order valence-electron chi connectivity index (χ4n) is 7.56. The Hall–Kier alpha value is -5.60. The lowest BCUT2D eigenvalue weighted by Crippen LogP contribution is -2.30. The van der Waals surface area contributed by atoms with Gasteiger partial charge in [0.15, 0.2) is 11.6 Å². The monoisotopic (exact) mass is 984 g/mol. The molecular formula is C44H34F2O16S4. The molecule has 0 bridgehead atoms. The standard InChI is InChI=1S/C44H34F2O16S4/c45-34-16-4-26(22-38(34)63-61-59-49)42(47)29-7-19-37(41(25-29)66(54,55)56)58-33-14-10-31(11-15-33)44(20-2-1-3-21-44)30-8-12-32(13-9-30)57-36-18-6-27(23-39(36)64-62-60-50)43(48)28-5-17-35(46)40(24-28)65(51,52)53/h4-19,22-25,49-50H,1-3,20-21H2,(H,51,52,53)(H,54,55,56). The van der Waals surface area contributed by atoms with E-state index in [1.54, 1.807) is 24.3 Å². The fourth-order valence-corrected chi connectivity index (χ4v) is 9.69. The molecule has 0 saturated heterocycles. The fraction of sp³-hybridized carbons (Fsp3) is 0.136. The number of ether oxygens (including phenoxy) is 2. The molecule has 22 heteroatoms. The average Bonchev–Trinajstić information content (AvgIpc) is 3.30. The lowest BCUT2D eigenvalue weighted by Gasteiger charge is -2.38. The number of carbonyl (C=O) groups excluding carboxylic acids is 2. The van der Waals surface area contributed by atoms with Crippen LogP contribution < -0.4 is 9.47 Å². The quantitative estimate of drug-likeness (QED) is 0.0206. The van der Waals surface area contributed by atoms with Gasteiger partial charge in [-0.3, -0.25) is 18.7 Å². The van der Waals surface area contributed by atoms with Crippen LogP contribution in [0.15, 0.2) is 141 Å². The highest BCUT2D eigenvalue weighted by molar-refractivity contribution is 7.94. The molecule has 1 saturated carbocycles. The van der Waals surface area contributed by atoms with Gasteiger partial charge >= 0.3 is 0 Å². The Bertz CT molecular complexity index is 3000.